The summed E-state index contributed by atoms with van der Waals surface area (Å²) in [4.78, 5) is 17.7. The number of hydrogen-bond donors (Lipinski definition) is 2. The standard InChI is InChI=1S/C19H30N8/c1-20-18(22-9-13-25-10-2-3-11-25)21-8-5-12-26-14-16-27(17-15-26)19-23-6-4-7-24-19/h2-4,6-7,10-11H,5,8-9,12-17H2,1H3,(H2,20,21,22). The first kappa shape index (κ1) is 19.2. The number of aliphatic imine (C=N–C) groups is 1. The third kappa shape index (κ3) is 6.25. The van der Waals surface area contributed by atoms with Gasteiger partial charge >= 0.3 is 0 Å². The highest BCUT2D eigenvalue weighted by Gasteiger charge is 2.18. The first-order valence-corrected chi connectivity index (χ1v) is 9.65. The molecule has 2 aromatic heterocycles. The van der Waals surface area contributed by atoms with Crippen molar-refractivity contribution in [2.75, 3.05) is 57.8 Å². The Hall–Kier alpha value is -2.61. The number of aromatic nitrogens is 3. The van der Waals surface area contributed by atoms with Gasteiger partial charge in [-0.05, 0) is 31.2 Å². The molecule has 1 aliphatic heterocycles. The molecule has 1 saturated heterocycles. The lowest BCUT2D eigenvalue weighted by atomic mass is 10.3. The monoisotopic (exact) mass is 370 g/mol. The average molecular weight is 371 g/mol. The largest absolute Gasteiger partial charge is 0.356 e. The molecule has 0 saturated carbocycles. The Morgan fingerprint density at radius 3 is 2.37 bits per heavy atom. The molecule has 3 heterocycles. The molecule has 0 bridgehead atoms. The summed E-state index contributed by atoms with van der Waals surface area (Å²) in [5.74, 6) is 1.71. The topological polar surface area (TPSA) is 73.6 Å². The van der Waals surface area contributed by atoms with Crippen molar-refractivity contribution in [2.45, 2.75) is 13.0 Å². The molecule has 3 rings (SSSR count). The maximum absolute atomic E-state index is 4.34. The number of rotatable bonds is 8. The molecule has 1 aliphatic rings. The smallest absolute Gasteiger partial charge is 0.225 e. The van der Waals surface area contributed by atoms with Crippen LogP contribution >= 0.6 is 0 Å². The number of nitrogens with one attached hydrogen (secondary N) is 2. The summed E-state index contributed by atoms with van der Waals surface area (Å²) in [5.41, 5.74) is 0. The molecule has 0 aliphatic carbocycles. The molecule has 2 N–H and O–H groups in total. The number of anilines is 1. The van der Waals surface area contributed by atoms with E-state index in [4.69, 9.17) is 0 Å². The van der Waals surface area contributed by atoms with Crippen molar-refractivity contribution in [3.63, 3.8) is 0 Å². The quantitative estimate of drug-likeness (QED) is 0.404. The van der Waals surface area contributed by atoms with E-state index in [1.54, 1.807) is 12.4 Å². The normalized spacial score (nSPS) is 15.7. The first-order valence-electron chi connectivity index (χ1n) is 9.65. The molecule has 1 fully saturated rings. The van der Waals surface area contributed by atoms with Crippen LogP contribution in [0.25, 0.3) is 0 Å². The van der Waals surface area contributed by atoms with Crippen LogP contribution in [0.2, 0.25) is 0 Å². The van der Waals surface area contributed by atoms with Crippen LogP contribution in [0.1, 0.15) is 6.42 Å². The van der Waals surface area contributed by atoms with Gasteiger partial charge in [-0.2, -0.15) is 0 Å². The summed E-state index contributed by atoms with van der Waals surface area (Å²) in [6, 6.07) is 5.94. The molecular weight excluding hydrogens is 340 g/mol. The van der Waals surface area contributed by atoms with E-state index >= 15 is 0 Å². The van der Waals surface area contributed by atoms with E-state index < -0.39 is 0 Å². The van der Waals surface area contributed by atoms with E-state index in [0.717, 1.165) is 70.7 Å². The maximum Gasteiger partial charge on any atom is 0.225 e. The van der Waals surface area contributed by atoms with Crippen LogP contribution in [0.4, 0.5) is 5.95 Å². The van der Waals surface area contributed by atoms with E-state index in [2.05, 4.69) is 52.4 Å². The van der Waals surface area contributed by atoms with Crippen LogP contribution in [-0.2, 0) is 6.54 Å². The molecular formula is C19H30N8. The Bertz CT molecular complexity index is 662. The Morgan fingerprint density at radius 1 is 0.963 bits per heavy atom. The molecule has 0 aromatic carbocycles. The minimum absolute atomic E-state index is 0.841. The van der Waals surface area contributed by atoms with Gasteiger partial charge in [0.05, 0.1) is 0 Å². The van der Waals surface area contributed by atoms with Crippen molar-refractivity contribution >= 4 is 11.9 Å². The van der Waals surface area contributed by atoms with E-state index in [-0.39, 0.29) is 0 Å². The van der Waals surface area contributed by atoms with Crippen molar-refractivity contribution in [2.24, 2.45) is 4.99 Å². The number of hydrogen-bond acceptors (Lipinski definition) is 5. The minimum atomic E-state index is 0.841. The van der Waals surface area contributed by atoms with Crippen molar-refractivity contribution in [3.05, 3.63) is 43.0 Å². The Labute approximate surface area is 161 Å². The average Bonchev–Trinajstić information content (AvgIpc) is 3.24. The lowest BCUT2D eigenvalue weighted by Gasteiger charge is -2.34. The summed E-state index contributed by atoms with van der Waals surface area (Å²) in [7, 11) is 1.82. The predicted molar refractivity (Wildman–Crippen MR) is 109 cm³/mol. The van der Waals surface area contributed by atoms with Crippen molar-refractivity contribution in [1.82, 2.24) is 30.1 Å². The van der Waals surface area contributed by atoms with E-state index in [0.29, 0.717) is 0 Å². The Balaban J connectivity index is 1.26. The van der Waals surface area contributed by atoms with Gasteiger partial charge in [-0.25, -0.2) is 9.97 Å². The Morgan fingerprint density at radius 2 is 1.67 bits per heavy atom. The van der Waals surface area contributed by atoms with Crippen LogP contribution in [0.3, 0.4) is 0 Å². The fourth-order valence-electron chi connectivity index (χ4n) is 3.18. The first-order chi connectivity index (χ1) is 13.3. The van der Waals surface area contributed by atoms with Crippen LogP contribution < -0.4 is 15.5 Å². The molecule has 8 nitrogen and oxygen atoms in total. The SMILES string of the molecule is CN=C(NCCCN1CCN(c2ncccn2)CC1)NCCn1cccc1. The van der Waals surface area contributed by atoms with Gasteiger partial charge in [0.15, 0.2) is 5.96 Å². The molecule has 0 spiro atoms. The van der Waals surface area contributed by atoms with Gasteiger partial charge in [-0.15, -0.1) is 0 Å². The van der Waals surface area contributed by atoms with Gasteiger partial charge in [0.25, 0.3) is 0 Å². The van der Waals surface area contributed by atoms with Crippen LogP contribution in [0.15, 0.2) is 48.0 Å². The number of guanidine groups is 1. The zero-order valence-electron chi connectivity index (χ0n) is 16.1. The zero-order chi connectivity index (χ0) is 18.7. The van der Waals surface area contributed by atoms with Crippen LogP contribution in [-0.4, -0.2) is 78.3 Å². The van der Waals surface area contributed by atoms with E-state index in [1.807, 2.05) is 25.2 Å². The minimum Gasteiger partial charge on any atom is -0.356 e. The Kier molecular flexibility index (Phi) is 7.46. The molecule has 146 valence electrons. The fourth-order valence-corrected chi connectivity index (χ4v) is 3.18. The second-order valence-corrected chi connectivity index (χ2v) is 6.58. The molecule has 2 aromatic rings. The van der Waals surface area contributed by atoms with Crippen molar-refractivity contribution in [1.29, 1.82) is 0 Å². The molecule has 0 amide bonds. The predicted octanol–water partition coefficient (Wildman–Crippen LogP) is 0.655. The number of nitrogens with zero attached hydrogens (tertiary/aromatic N) is 6. The highest BCUT2D eigenvalue weighted by atomic mass is 15.3. The molecule has 0 radical (unpaired) electrons. The highest BCUT2D eigenvalue weighted by Crippen LogP contribution is 2.09. The van der Waals surface area contributed by atoms with Crippen molar-refractivity contribution < 1.29 is 0 Å². The fraction of sp³-hybridized carbons (Fsp3) is 0.526. The highest BCUT2D eigenvalue weighted by molar-refractivity contribution is 5.79. The van der Waals surface area contributed by atoms with Gasteiger partial charge in [0.1, 0.15) is 0 Å². The second-order valence-electron chi connectivity index (χ2n) is 6.58. The lowest BCUT2D eigenvalue weighted by Crippen LogP contribution is -2.47. The van der Waals surface area contributed by atoms with Gasteiger partial charge in [0, 0.05) is 77.6 Å². The summed E-state index contributed by atoms with van der Waals surface area (Å²) in [6.07, 6.45) is 8.85. The molecule has 0 atom stereocenters. The maximum atomic E-state index is 4.34. The molecule has 0 unspecified atom stereocenters. The van der Waals surface area contributed by atoms with E-state index in [9.17, 15) is 0 Å². The summed E-state index contributed by atoms with van der Waals surface area (Å²) in [5, 5.41) is 6.75. The van der Waals surface area contributed by atoms with Gasteiger partial charge in [-0.1, -0.05) is 0 Å². The van der Waals surface area contributed by atoms with Crippen LogP contribution in [0, 0.1) is 0 Å². The van der Waals surface area contributed by atoms with Gasteiger partial charge in [-0.3, -0.25) is 9.89 Å². The summed E-state index contributed by atoms with van der Waals surface area (Å²) in [6.45, 7) is 7.90. The van der Waals surface area contributed by atoms with E-state index in [1.165, 1.54) is 0 Å². The lowest BCUT2D eigenvalue weighted by molar-refractivity contribution is 0.254. The summed E-state index contributed by atoms with van der Waals surface area (Å²) >= 11 is 0. The second kappa shape index (κ2) is 10.5. The third-order valence-corrected chi connectivity index (χ3v) is 4.70. The molecule has 27 heavy (non-hydrogen) atoms. The number of piperazine rings is 1. The molecule has 8 heteroatoms. The van der Waals surface area contributed by atoms with Crippen LogP contribution in [0.5, 0.6) is 0 Å². The third-order valence-electron chi connectivity index (χ3n) is 4.70. The van der Waals surface area contributed by atoms with Gasteiger partial charge in [0.2, 0.25) is 5.95 Å². The van der Waals surface area contributed by atoms with Crippen molar-refractivity contribution in [3.8, 4) is 0 Å². The zero-order valence-corrected chi connectivity index (χ0v) is 16.1. The van der Waals surface area contributed by atoms with Gasteiger partial charge < -0.3 is 20.1 Å². The summed E-state index contributed by atoms with van der Waals surface area (Å²) < 4.78 is 2.15.